The summed E-state index contributed by atoms with van der Waals surface area (Å²) in [5, 5.41) is 0.0256. The molecule has 0 aliphatic carbocycles. The standard InChI is InChI=1S/C9H11ClFN3/c1-2-13-9(14-12)6-4-3-5-7(11)8(6)10/h3-5H,2,12H2,1H3,(H,13,14). The zero-order valence-corrected chi connectivity index (χ0v) is 8.48. The monoisotopic (exact) mass is 215 g/mol. The highest BCUT2D eigenvalue weighted by molar-refractivity contribution is 6.34. The van der Waals surface area contributed by atoms with Crippen molar-refractivity contribution in [3.8, 4) is 0 Å². The van der Waals surface area contributed by atoms with E-state index in [-0.39, 0.29) is 5.02 Å². The van der Waals surface area contributed by atoms with Gasteiger partial charge in [-0.15, -0.1) is 0 Å². The number of hydrogen-bond acceptors (Lipinski definition) is 2. The lowest BCUT2D eigenvalue weighted by Gasteiger charge is -2.07. The molecule has 0 saturated heterocycles. The van der Waals surface area contributed by atoms with Gasteiger partial charge in [0.1, 0.15) is 11.7 Å². The summed E-state index contributed by atoms with van der Waals surface area (Å²) >= 11 is 5.75. The van der Waals surface area contributed by atoms with E-state index in [0.29, 0.717) is 17.9 Å². The van der Waals surface area contributed by atoms with Gasteiger partial charge < -0.3 is 5.43 Å². The summed E-state index contributed by atoms with van der Waals surface area (Å²) in [6, 6.07) is 4.49. The SMILES string of the molecule is CCN=C(NN)c1cccc(F)c1Cl. The Bertz CT molecular complexity index is 352. The molecule has 76 valence electrons. The van der Waals surface area contributed by atoms with Crippen molar-refractivity contribution in [3.63, 3.8) is 0 Å². The molecule has 0 atom stereocenters. The summed E-state index contributed by atoms with van der Waals surface area (Å²) < 4.78 is 13.1. The Hall–Kier alpha value is -1.13. The van der Waals surface area contributed by atoms with Crippen molar-refractivity contribution in [2.75, 3.05) is 6.54 Å². The number of nitrogens with one attached hydrogen (secondary N) is 1. The summed E-state index contributed by atoms with van der Waals surface area (Å²) in [6.45, 7) is 2.40. The molecule has 0 bridgehead atoms. The number of rotatable bonds is 2. The number of nitrogens with two attached hydrogens (primary N) is 1. The molecule has 0 radical (unpaired) electrons. The van der Waals surface area contributed by atoms with Crippen LogP contribution in [-0.2, 0) is 0 Å². The molecule has 0 fully saturated rings. The molecule has 0 aromatic heterocycles. The van der Waals surface area contributed by atoms with Gasteiger partial charge in [-0.2, -0.15) is 0 Å². The van der Waals surface area contributed by atoms with Crippen LogP contribution in [0.5, 0.6) is 0 Å². The van der Waals surface area contributed by atoms with E-state index >= 15 is 0 Å². The van der Waals surface area contributed by atoms with Crippen molar-refractivity contribution in [2.24, 2.45) is 10.8 Å². The minimum Gasteiger partial charge on any atom is -0.308 e. The van der Waals surface area contributed by atoms with Crippen LogP contribution >= 0.6 is 11.6 Å². The highest BCUT2D eigenvalue weighted by Crippen LogP contribution is 2.19. The van der Waals surface area contributed by atoms with Gasteiger partial charge in [0, 0.05) is 12.1 Å². The average molecular weight is 216 g/mol. The van der Waals surface area contributed by atoms with Crippen LogP contribution in [0.25, 0.3) is 0 Å². The lowest BCUT2D eigenvalue weighted by molar-refractivity contribution is 0.628. The summed E-state index contributed by atoms with van der Waals surface area (Å²) in [6.07, 6.45) is 0. The second-order valence-corrected chi connectivity index (χ2v) is 2.95. The molecule has 0 aliphatic heterocycles. The van der Waals surface area contributed by atoms with E-state index < -0.39 is 5.82 Å². The predicted octanol–water partition coefficient (Wildman–Crippen LogP) is 1.71. The van der Waals surface area contributed by atoms with E-state index in [1.165, 1.54) is 6.07 Å². The molecule has 3 nitrogen and oxygen atoms in total. The first kappa shape index (κ1) is 10.9. The van der Waals surface area contributed by atoms with Gasteiger partial charge in [0.05, 0.1) is 5.02 Å². The molecule has 14 heavy (non-hydrogen) atoms. The van der Waals surface area contributed by atoms with Crippen LogP contribution in [0.1, 0.15) is 12.5 Å². The summed E-state index contributed by atoms with van der Waals surface area (Å²) in [4.78, 5) is 4.04. The Morgan fingerprint density at radius 3 is 2.93 bits per heavy atom. The van der Waals surface area contributed by atoms with Crippen molar-refractivity contribution in [3.05, 3.63) is 34.6 Å². The lowest BCUT2D eigenvalue weighted by atomic mass is 10.2. The maximum Gasteiger partial charge on any atom is 0.144 e. The van der Waals surface area contributed by atoms with Crippen LogP contribution < -0.4 is 11.3 Å². The molecule has 0 heterocycles. The number of hydrogen-bond donors (Lipinski definition) is 2. The maximum atomic E-state index is 13.1. The molecule has 0 spiro atoms. The number of nitrogens with zero attached hydrogens (tertiary/aromatic N) is 1. The van der Waals surface area contributed by atoms with Gasteiger partial charge in [-0.25, -0.2) is 10.2 Å². The molecule has 0 aliphatic rings. The first-order valence-corrected chi connectivity index (χ1v) is 4.54. The largest absolute Gasteiger partial charge is 0.308 e. The Morgan fingerprint density at radius 1 is 1.64 bits per heavy atom. The zero-order chi connectivity index (χ0) is 10.6. The lowest BCUT2D eigenvalue weighted by Crippen LogP contribution is -2.31. The van der Waals surface area contributed by atoms with E-state index in [4.69, 9.17) is 17.4 Å². The summed E-state index contributed by atoms with van der Waals surface area (Å²) in [5.74, 6) is 5.15. The van der Waals surface area contributed by atoms with Crippen LogP contribution in [-0.4, -0.2) is 12.4 Å². The quantitative estimate of drug-likeness (QED) is 0.342. The first-order chi connectivity index (χ1) is 6.70. The van der Waals surface area contributed by atoms with Gasteiger partial charge in [0.2, 0.25) is 0 Å². The van der Waals surface area contributed by atoms with Crippen molar-refractivity contribution in [1.82, 2.24) is 5.43 Å². The first-order valence-electron chi connectivity index (χ1n) is 4.16. The van der Waals surface area contributed by atoms with Crippen molar-refractivity contribution in [2.45, 2.75) is 6.92 Å². The highest BCUT2D eigenvalue weighted by atomic mass is 35.5. The fourth-order valence-corrected chi connectivity index (χ4v) is 1.27. The van der Waals surface area contributed by atoms with Crippen molar-refractivity contribution in [1.29, 1.82) is 0 Å². The molecule has 5 heteroatoms. The van der Waals surface area contributed by atoms with E-state index in [0.717, 1.165) is 0 Å². The van der Waals surface area contributed by atoms with Crippen molar-refractivity contribution < 1.29 is 4.39 Å². The van der Waals surface area contributed by atoms with Crippen LogP contribution in [0.3, 0.4) is 0 Å². The van der Waals surface area contributed by atoms with Gasteiger partial charge in [0.25, 0.3) is 0 Å². The van der Waals surface area contributed by atoms with Gasteiger partial charge in [0.15, 0.2) is 0 Å². The topological polar surface area (TPSA) is 50.4 Å². The Morgan fingerprint density at radius 2 is 2.36 bits per heavy atom. The van der Waals surface area contributed by atoms with Crippen LogP contribution in [0.2, 0.25) is 5.02 Å². The smallest absolute Gasteiger partial charge is 0.144 e. The average Bonchev–Trinajstić information content (AvgIpc) is 2.19. The fraction of sp³-hybridized carbons (Fsp3) is 0.222. The second kappa shape index (κ2) is 4.93. The third-order valence-electron chi connectivity index (χ3n) is 1.66. The summed E-state index contributed by atoms with van der Waals surface area (Å²) in [7, 11) is 0. The van der Waals surface area contributed by atoms with Gasteiger partial charge >= 0.3 is 0 Å². The van der Waals surface area contributed by atoms with E-state index in [9.17, 15) is 4.39 Å². The second-order valence-electron chi connectivity index (χ2n) is 2.57. The van der Waals surface area contributed by atoms with Crippen LogP contribution in [0, 0.1) is 5.82 Å². The van der Waals surface area contributed by atoms with E-state index in [1.807, 2.05) is 6.92 Å². The molecule has 0 unspecified atom stereocenters. The minimum absolute atomic E-state index is 0.0256. The molecular weight excluding hydrogens is 205 g/mol. The number of halogens is 2. The van der Waals surface area contributed by atoms with Crippen LogP contribution in [0.15, 0.2) is 23.2 Å². The normalized spacial score (nSPS) is 11.6. The molecule has 0 amide bonds. The van der Waals surface area contributed by atoms with Gasteiger partial charge in [-0.05, 0) is 19.1 Å². The zero-order valence-electron chi connectivity index (χ0n) is 7.72. The van der Waals surface area contributed by atoms with Crippen LogP contribution in [0.4, 0.5) is 4.39 Å². The summed E-state index contributed by atoms with van der Waals surface area (Å²) in [5.41, 5.74) is 2.85. The third kappa shape index (κ3) is 2.21. The molecule has 0 saturated carbocycles. The molecule has 1 rings (SSSR count). The molecule has 3 N–H and O–H groups in total. The van der Waals surface area contributed by atoms with E-state index in [2.05, 4.69) is 10.4 Å². The Labute approximate surface area is 86.8 Å². The predicted molar refractivity (Wildman–Crippen MR) is 55.8 cm³/mol. The fourth-order valence-electron chi connectivity index (χ4n) is 1.05. The van der Waals surface area contributed by atoms with Gasteiger partial charge in [-0.3, -0.25) is 4.99 Å². The van der Waals surface area contributed by atoms with Gasteiger partial charge in [-0.1, -0.05) is 17.7 Å². The molecule has 1 aromatic rings. The number of amidine groups is 1. The minimum atomic E-state index is -0.483. The Balaban J connectivity index is 3.17. The molecule has 1 aromatic carbocycles. The molecular formula is C9H11ClFN3. The number of aliphatic imine (C=N–C) groups is 1. The highest BCUT2D eigenvalue weighted by Gasteiger charge is 2.09. The number of benzene rings is 1. The Kier molecular flexibility index (Phi) is 3.85. The third-order valence-corrected chi connectivity index (χ3v) is 2.04. The maximum absolute atomic E-state index is 13.1. The number of hydrazine groups is 1. The van der Waals surface area contributed by atoms with E-state index in [1.54, 1.807) is 12.1 Å². The van der Waals surface area contributed by atoms with Crippen molar-refractivity contribution >= 4 is 17.4 Å².